The molecule has 120 valence electrons. The van der Waals surface area contributed by atoms with Crippen LogP contribution in [0.15, 0.2) is 23.4 Å². The molecular formula is C17H25N3OS. The maximum absolute atomic E-state index is 12.4. The number of pyridine rings is 1. The molecule has 0 aromatic carbocycles. The van der Waals surface area contributed by atoms with E-state index >= 15 is 0 Å². The fraction of sp³-hybridized carbons (Fsp3) is 0.647. The van der Waals surface area contributed by atoms with Crippen molar-refractivity contribution in [2.45, 2.75) is 56.4 Å². The largest absolute Gasteiger partial charge is 0.326 e. The molecule has 3 N–H and O–H groups in total. The monoisotopic (exact) mass is 319 g/mol. The SMILES string of the molecule is NSc1cc(NC(=O)C2CCC(C3CCCC3)CC2)ccn1. The molecule has 0 bridgehead atoms. The van der Waals surface area contributed by atoms with Crippen molar-refractivity contribution < 1.29 is 4.79 Å². The third kappa shape index (κ3) is 3.82. The van der Waals surface area contributed by atoms with Gasteiger partial charge in [0.2, 0.25) is 5.91 Å². The summed E-state index contributed by atoms with van der Waals surface area (Å²) in [5.41, 5.74) is 0.797. The molecule has 2 aliphatic carbocycles. The minimum Gasteiger partial charge on any atom is -0.326 e. The molecule has 2 saturated carbocycles. The highest BCUT2D eigenvalue weighted by molar-refractivity contribution is 7.97. The van der Waals surface area contributed by atoms with Gasteiger partial charge in [0, 0.05) is 17.8 Å². The summed E-state index contributed by atoms with van der Waals surface area (Å²) in [7, 11) is 0. The van der Waals surface area contributed by atoms with Crippen LogP contribution in [-0.2, 0) is 4.79 Å². The van der Waals surface area contributed by atoms with Crippen molar-refractivity contribution in [3.05, 3.63) is 18.3 Å². The number of anilines is 1. The summed E-state index contributed by atoms with van der Waals surface area (Å²) in [5, 5.41) is 9.26. The first-order chi connectivity index (χ1) is 10.8. The summed E-state index contributed by atoms with van der Waals surface area (Å²) in [5.74, 6) is 2.13. The molecule has 1 aromatic rings. The van der Waals surface area contributed by atoms with Crippen LogP contribution in [0.5, 0.6) is 0 Å². The minimum absolute atomic E-state index is 0.157. The quantitative estimate of drug-likeness (QED) is 0.824. The maximum Gasteiger partial charge on any atom is 0.227 e. The van der Waals surface area contributed by atoms with Crippen molar-refractivity contribution in [1.82, 2.24) is 4.98 Å². The van der Waals surface area contributed by atoms with Gasteiger partial charge < -0.3 is 5.32 Å². The zero-order valence-corrected chi connectivity index (χ0v) is 13.8. The normalized spacial score (nSPS) is 26.0. The Morgan fingerprint density at radius 3 is 2.50 bits per heavy atom. The van der Waals surface area contributed by atoms with Crippen LogP contribution in [0, 0.1) is 17.8 Å². The molecule has 0 radical (unpaired) electrons. The molecule has 2 aliphatic rings. The number of aromatic nitrogens is 1. The van der Waals surface area contributed by atoms with Gasteiger partial charge in [-0.3, -0.25) is 9.93 Å². The maximum atomic E-state index is 12.4. The van der Waals surface area contributed by atoms with Crippen molar-refractivity contribution in [1.29, 1.82) is 0 Å². The van der Waals surface area contributed by atoms with Crippen molar-refractivity contribution in [2.75, 3.05) is 5.32 Å². The molecule has 0 spiro atoms. The summed E-state index contributed by atoms with van der Waals surface area (Å²) >= 11 is 1.10. The van der Waals surface area contributed by atoms with Crippen LogP contribution in [0.25, 0.3) is 0 Å². The van der Waals surface area contributed by atoms with E-state index in [2.05, 4.69) is 10.3 Å². The van der Waals surface area contributed by atoms with Gasteiger partial charge in [-0.2, -0.15) is 0 Å². The Balaban J connectivity index is 1.51. The molecule has 4 nitrogen and oxygen atoms in total. The Kier molecular flexibility index (Phi) is 5.37. The highest BCUT2D eigenvalue weighted by Crippen LogP contribution is 2.41. The molecule has 0 unspecified atom stereocenters. The van der Waals surface area contributed by atoms with E-state index in [1.54, 1.807) is 6.20 Å². The zero-order chi connectivity index (χ0) is 15.4. The second-order valence-corrected chi connectivity index (χ2v) is 7.30. The first-order valence-electron chi connectivity index (χ1n) is 8.40. The van der Waals surface area contributed by atoms with E-state index < -0.39 is 0 Å². The number of nitrogens with two attached hydrogens (primary N) is 1. The molecule has 0 saturated heterocycles. The molecular weight excluding hydrogens is 294 g/mol. The third-order valence-corrected chi connectivity index (χ3v) is 5.80. The predicted molar refractivity (Wildman–Crippen MR) is 90.3 cm³/mol. The topological polar surface area (TPSA) is 68.0 Å². The van der Waals surface area contributed by atoms with Gasteiger partial charge in [0.25, 0.3) is 0 Å². The lowest BCUT2D eigenvalue weighted by molar-refractivity contribution is -0.121. The van der Waals surface area contributed by atoms with E-state index in [1.165, 1.54) is 38.5 Å². The molecule has 0 atom stereocenters. The van der Waals surface area contributed by atoms with Crippen LogP contribution in [0.2, 0.25) is 0 Å². The lowest BCUT2D eigenvalue weighted by atomic mass is 9.75. The van der Waals surface area contributed by atoms with E-state index in [0.717, 1.165) is 47.3 Å². The minimum atomic E-state index is 0.157. The number of rotatable bonds is 4. The molecule has 1 heterocycles. The standard InChI is InChI=1S/C17H25N3OS/c18-22-16-11-15(9-10-19-16)20-17(21)14-7-5-13(6-8-14)12-3-1-2-4-12/h9-14H,1-8,18H2,(H,19,20,21). The average Bonchev–Trinajstić information content (AvgIpc) is 3.09. The van der Waals surface area contributed by atoms with Crippen LogP contribution in [0.1, 0.15) is 51.4 Å². The van der Waals surface area contributed by atoms with Crippen LogP contribution in [0.4, 0.5) is 5.69 Å². The van der Waals surface area contributed by atoms with Gasteiger partial charge in [-0.25, -0.2) is 4.98 Å². The van der Waals surface area contributed by atoms with Crippen molar-refractivity contribution >= 4 is 23.5 Å². The lowest BCUT2D eigenvalue weighted by Crippen LogP contribution is -2.29. The van der Waals surface area contributed by atoms with Crippen molar-refractivity contribution in [3.63, 3.8) is 0 Å². The number of carbonyl (C=O) groups is 1. The van der Waals surface area contributed by atoms with Gasteiger partial charge in [-0.1, -0.05) is 25.7 Å². The fourth-order valence-corrected chi connectivity index (χ4v) is 4.39. The summed E-state index contributed by atoms with van der Waals surface area (Å²) < 4.78 is 0. The lowest BCUT2D eigenvalue weighted by Gasteiger charge is -2.31. The van der Waals surface area contributed by atoms with Gasteiger partial charge in [0.05, 0.1) is 0 Å². The summed E-state index contributed by atoms with van der Waals surface area (Å²) in [6.45, 7) is 0. The number of carbonyl (C=O) groups excluding carboxylic acids is 1. The van der Waals surface area contributed by atoms with Gasteiger partial charge in [-0.05, 0) is 61.6 Å². The van der Waals surface area contributed by atoms with E-state index in [1.807, 2.05) is 12.1 Å². The Hall–Kier alpha value is -1.07. The fourth-order valence-electron chi connectivity index (χ4n) is 4.08. The third-order valence-electron chi connectivity index (χ3n) is 5.33. The highest BCUT2D eigenvalue weighted by atomic mass is 32.2. The van der Waals surface area contributed by atoms with Crippen LogP contribution in [-0.4, -0.2) is 10.9 Å². The predicted octanol–water partition coefficient (Wildman–Crippen LogP) is 3.98. The molecule has 1 aromatic heterocycles. The van der Waals surface area contributed by atoms with Gasteiger partial charge in [0.15, 0.2) is 0 Å². The first-order valence-corrected chi connectivity index (χ1v) is 9.28. The van der Waals surface area contributed by atoms with E-state index in [4.69, 9.17) is 5.14 Å². The van der Waals surface area contributed by atoms with Crippen LogP contribution in [0.3, 0.4) is 0 Å². The molecule has 0 aliphatic heterocycles. The Bertz CT molecular complexity index is 508. The Morgan fingerprint density at radius 1 is 1.14 bits per heavy atom. The molecule has 5 heteroatoms. The number of hydrogen-bond donors (Lipinski definition) is 2. The molecule has 1 amide bonds. The van der Waals surface area contributed by atoms with E-state index in [0.29, 0.717) is 0 Å². The first kappa shape index (κ1) is 15.8. The second-order valence-electron chi connectivity index (χ2n) is 6.65. The van der Waals surface area contributed by atoms with Gasteiger partial charge in [-0.15, -0.1) is 0 Å². The van der Waals surface area contributed by atoms with Crippen molar-refractivity contribution in [3.8, 4) is 0 Å². The Morgan fingerprint density at radius 2 is 1.82 bits per heavy atom. The molecule has 2 fully saturated rings. The molecule has 22 heavy (non-hydrogen) atoms. The Labute approximate surface area is 136 Å². The van der Waals surface area contributed by atoms with Gasteiger partial charge >= 0.3 is 0 Å². The smallest absolute Gasteiger partial charge is 0.227 e. The number of nitrogens with zero attached hydrogens (tertiary/aromatic N) is 1. The second kappa shape index (κ2) is 7.47. The number of amides is 1. The summed E-state index contributed by atoms with van der Waals surface area (Å²) in [6, 6.07) is 3.65. The average molecular weight is 319 g/mol. The molecule has 3 rings (SSSR count). The highest BCUT2D eigenvalue weighted by Gasteiger charge is 2.31. The number of hydrogen-bond acceptors (Lipinski definition) is 4. The van der Waals surface area contributed by atoms with E-state index in [-0.39, 0.29) is 11.8 Å². The van der Waals surface area contributed by atoms with E-state index in [9.17, 15) is 4.79 Å². The van der Waals surface area contributed by atoms with Crippen LogP contribution >= 0.6 is 11.9 Å². The number of nitrogens with one attached hydrogen (secondary N) is 1. The zero-order valence-electron chi connectivity index (χ0n) is 13.0. The van der Waals surface area contributed by atoms with Gasteiger partial charge in [0.1, 0.15) is 5.03 Å². The van der Waals surface area contributed by atoms with Crippen molar-refractivity contribution in [2.24, 2.45) is 22.9 Å². The summed E-state index contributed by atoms with van der Waals surface area (Å²) in [4.78, 5) is 16.5. The summed E-state index contributed by atoms with van der Waals surface area (Å²) in [6.07, 6.45) is 11.9. The van der Waals surface area contributed by atoms with Crippen LogP contribution < -0.4 is 10.5 Å².